The van der Waals surface area contributed by atoms with Crippen LogP contribution in [0.2, 0.25) is 0 Å². The second-order valence-electron chi connectivity index (χ2n) is 5.74. The summed E-state index contributed by atoms with van der Waals surface area (Å²) in [7, 11) is 0. The van der Waals surface area contributed by atoms with Crippen LogP contribution in [0.1, 0.15) is 33.1 Å². The summed E-state index contributed by atoms with van der Waals surface area (Å²) >= 11 is 0. The highest BCUT2D eigenvalue weighted by atomic mass is 16.2. The molecule has 0 heterocycles. The Bertz CT molecular complexity index is 526. The van der Waals surface area contributed by atoms with Gasteiger partial charge in [0.05, 0.1) is 6.04 Å². The van der Waals surface area contributed by atoms with Crippen molar-refractivity contribution in [3.8, 4) is 0 Å². The Labute approximate surface area is 125 Å². The smallest absolute Gasteiger partial charge is 0.241 e. The zero-order valence-electron chi connectivity index (χ0n) is 12.6. The Balaban J connectivity index is 1.96. The molecule has 0 aliphatic heterocycles. The van der Waals surface area contributed by atoms with Gasteiger partial charge in [-0.15, -0.1) is 0 Å². The van der Waals surface area contributed by atoms with Crippen LogP contribution in [0.15, 0.2) is 24.3 Å². The lowest BCUT2D eigenvalue weighted by Gasteiger charge is -2.18. The third-order valence-electron chi connectivity index (χ3n) is 3.91. The van der Waals surface area contributed by atoms with Gasteiger partial charge in [0.1, 0.15) is 0 Å². The van der Waals surface area contributed by atoms with E-state index >= 15 is 0 Å². The van der Waals surface area contributed by atoms with E-state index in [2.05, 4.69) is 10.6 Å². The first-order valence-corrected chi connectivity index (χ1v) is 7.48. The molecule has 2 atom stereocenters. The first-order valence-electron chi connectivity index (χ1n) is 7.48. The largest absolute Gasteiger partial charge is 0.326 e. The van der Waals surface area contributed by atoms with Gasteiger partial charge in [-0.05, 0) is 37.0 Å². The van der Waals surface area contributed by atoms with Crippen molar-refractivity contribution >= 4 is 23.2 Å². The van der Waals surface area contributed by atoms with E-state index in [1.54, 1.807) is 18.2 Å². The quantitative estimate of drug-likeness (QED) is 0.751. The van der Waals surface area contributed by atoms with Crippen LogP contribution in [0.4, 0.5) is 11.4 Å². The zero-order chi connectivity index (χ0) is 15.4. The molecule has 1 aromatic carbocycles. The molecular weight excluding hydrogens is 266 g/mol. The van der Waals surface area contributed by atoms with E-state index in [-0.39, 0.29) is 23.7 Å². The maximum Gasteiger partial charge on any atom is 0.241 e. The molecule has 1 fully saturated rings. The summed E-state index contributed by atoms with van der Waals surface area (Å²) in [6, 6.07) is 6.62. The van der Waals surface area contributed by atoms with E-state index in [0.717, 1.165) is 19.3 Å². The summed E-state index contributed by atoms with van der Waals surface area (Å²) in [4.78, 5) is 23.8. The number of carbonyl (C=O) groups is 2. The SMILES string of the molecule is CCC(C)C(N)C(=O)Nc1cccc(NC(=O)C2CC2)c1. The van der Waals surface area contributed by atoms with Crippen LogP contribution >= 0.6 is 0 Å². The van der Waals surface area contributed by atoms with Gasteiger partial charge >= 0.3 is 0 Å². The van der Waals surface area contributed by atoms with Crippen LogP contribution in [0.25, 0.3) is 0 Å². The monoisotopic (exact) mass is 289 g/mol. The summed E-state index contributed by atoms with van der Waals surface area (Å²) in [5.74, 6) is 0.134. The molecule has 0 aromatic heterocycles. The molecule has 2 unspecified atom stereocenters. The molecule has 1 aliphatic carbocycles. The van der Waals surface area contributed by atoms with Crippen LogP contribution in [0, 0.1) is 11.8 Å². The van der Waals surface area contributed by atoms with Gasteiger partial charge in [-0.25, -0.2) is 0 Å². The predicted octanol–water partition coefficient (Wildman–Crippen LogP) is 2.35. The highest BCUT2D eigenvalue weighted by Gasteiger charge is 2.29. The molecule has 114 valence electrons. The van der Waals surface area contributed by atoms with Gasteiger partial charge in [-0.3, -0.25) is 9.59 Å². The Kier molecular flexibility index (Phi) is 4.96. The number of carbonyl (C=O) groups excluding carboxylic acids is 2. The molecule has 5 heteroatoms. The van der Waals surface area contributed by atoms with Gasteiger partial charge < -0.3 is 16.4 Å². The molecule has 0 radical (unpaired) electrons. The van der Waals surface area contributed by atoms with E-state index in [1.807, 2.05) is 19.9 Å². The van der Waals surface area contributed by atoms with Crippen LogP contribution in [0.3, 0.4) is 0 Å². The molecule has 1 aromatic rings. The number of rotatable bonds is 6. The summed E-state index contributed by atoms with van der Waals surface area (Å²) in [5, 5.41) is 5.66. The number of benzene rings is 1. The van der Waals surface area contributed by atoms with Gasteiger partial charge in [-0.2, -0.15) is 0 Å². The van der Waals surface area contributed by atoms with Gasteiger partial charge in [0.25, 0.3) is 0 Å². The van der Waals surface area contributed by atoms with Gasteiger partial charge in [0.15, 0.2) is 0 Å². The van der Waals surface area contributed by atoms with Crippen molar-refractivity contribution in [2.24, 2.45) is 17.6 Å². The maximum absolute atomic E-state index is 12.0. The highest BCUT2D eigenvalue weighted by molar-refractivity contribution is 5.97. The number of hydrogen-bond donors (Lipinski definition) is 3. The number of hydrogen-bond acceptors (Lipinski definition) is 3. The standard InChI is InChI=1S/C16H23N3O2/c1-3-10(2)14(17)16(21)19-13-6-4-5-12(9-13)18-15(20)11-7-8-11/h4-6,9-11,14H,3,7-8,17H2,1-2H3,(H,18,20)(H,19,21). The minimum absolute atomic E-state index is 0.0507. The molecule has 4 N–H and O–H groups in total. The van der Waals surface area contributed by atoms with E-state index in [9.17, 15) is 9.59 Å². The van der Waals surface area contributed by atoms with Crippen molar-refractivity contribution < 1.29 is 9.59 Å². The fourth-order valence-corrected chi connectivity index (χ4v) is 2.00. The number of anilines is 2. The summed E-state index contributed by atoms with van der Waals surface area (Å²) in [6.07, 6.45) is 2.78. The summed E-state index contributed by atoms with van der Waals surface area (Å²) < 4.78 is 0. The molecular formula is C16H23N3O2. The van der Waals surface area contributed by atoms with Crippen molar-refractivity contribution in [3.05, 3.63) is 24.3 Å². The normalized spacial score (nSPS) is 16.9. The van der Waals surface area contributed by atoms with Gasteiger partial charge in [-0.1, -0.05) is 26.3 Å². The minimum atomic E-state index is -0.528. The summed E-state index contributed by atoms with van der Waals surface area (Å²) in [6.45, 7) is 3.96. The van der Waals surface area contributed by atoms with Crippen molar-refractivity contribution in [1.82, 2.24) is 0 Å². The second kappa shape index (κ2) is 6.72. The predicted molar refractivity (Wildman–Crippen MR) is 83.9 cm³/mol. The first-order chi connectivity index (χ1) is 10.0. The Morgan fingerprint density at radius 2 is 1.90 bits per heavy atom. The Morgan fingerprint density at radius 1 is 1.29 bits per heavy atom. The summed E-state index contributed by atoms with van der Waals surface area (Å²) in [5.41, 5.74) is 7.25. The van der Waals surface area contributed by atoms with Gasteiger partial charge in [0.2, 0.25) is 11.8 Å². The number of nitrogens with two attached hydrogens (primary N) is 1. The average molecular weight is 289 g/mol. The first kappa shape index (κ1) is 15.5. The molecule has 5 nitrogen and oxygen atoms in total. The maximum atomic E-state index is 12.0. The van der Waals surface area contributed by atoms with Gasteiger partial charge in [0, 0.05) is 17.3 Å². The molecule has 0 saturated heterocycles. The number of amides is 2. The topological polar surface area (TPSA) is 84.2 Å². The highest BCUT2D eigenvalue weighted by Crippen LogP contribution is 2.30. The van der Waals surface area contributed by atoms with Crippen molar-refractivity contribution in [2.45, 2.75) is 39.2 Å². The van der Waals surface area contributed by atoms with E-state index in [1.165, 1.54) is 0 Å². The van der Waals surface area contributed by atoms with Crippen molar-refractivity contribution in [2.75, 3.05) is 10.6 Å². The van der Waals surface area contributed by atoms with E-state index in [0.29, 0.717) is 11.4 Å². The van der Waals surface area contributed by atoms with Crippen LogP contribution < -0.4 is 16.4 Å². The van der Waals surface area contributed by atoms with Crippen LogP contribution in [-0.2, 0) is 9.59 Å². The lowest BCUT2D eigenvalue weighted by Crippen LogP contribution is -2.40. The lowest BCUT2D eigenvalue weighted by atomic mass is 9.99. The third-order valence-corrected chi connectivity index (χ3v) is 3.91. The molecule has 0 bridgehead atoms. The average Bonchev–Trinajstić information content (AvgIpc) is 3.30. The zero-order valence-corrected chi connectivity index (χ0v) is 12.6. The fraction of sp³-hybridized carbons (Fsp3) is 0.500. The van der Waals surface area contributed by atoms with Crippen LogP contribution in [-0.4, -0.2) is 17.9 Å². The number of nitrogens with one attached hydrogen (secondary N) is 2. The minimum Gasteiger partial charge on any atom is -0.326 e. The fourth-order valence-electron chi connectivity index (χ4n) is 2.00. The molecule has 0 spiro atoms. The molecule has 1 saturated carbocycles. The Morgan fingerprint density at radius 3 is 2.48 bits per heavy atom. The molecule has 2 amide bonds. The molecule has 2 rings (SSSR count). The molecule has 21 heavy (non-hydrogen) atoms. The molecule has 1 aliphatic rings. The van der Waals surface area contributed by atoms with E-state index in [4.69, 9.17) is 5.73 Å². The Hall–Kier alpha value is -1.88. The second-order valence-corrected chi connectivity index (χ2v) is 5.74. The van der Waals surface area contributed by atoms with Crippen molar-refractivity contribution in [3.63, 3.8) is 0 Å². The third kappa shape index (κ3) is 4.29. The van der Waals surface area contributed by atoms with Crippen molar-refractivity contribution in [1.29, 1.82) is 0 Å². The van der Waals surface area contributed by atoms with E-state index < -0.39 is 6.04 Å². The van der Waals surface area contributed by atoms with Crippen LogP contribution in [0.5, 0.6) is 0 Å². The lowest BCUT2D eigenvalue weighted by molar-refractivity contribution is -0.118.